The van der Waals surface area contributed by atoms with E-state index in [0.717, 1.165) is 30.6 Å². The molecule has 2 bridgehead atoms. The Bertz CT molecular complexity index is 808. The molecule has 0 radical (unpaired) electrons. The zero-order valence-corrected chi connectivity index (χ0v) is 15.9. The number of nitrogens with one attached hydrogen (secondary N) is 1. The van der Waals surface area contributed by atoms with E-state index in [2.05, 4.69) is 23.5 Å². The van der Waals surface area contributed by atoms with Crippen LogP contribution in [-0.2, 0) is 4.79 Å². The Hall–Kier alpha value is -1.69. The van der Waals surface area contributed by atoms with Crippen molar-refractivity contribution in [2.45, 2.75) is 63.8 Å². The van der Waals surface area contributed by atoms with Crippen molar-refractivity contribution >= 4 is 17.2 Å². The van der Waals surface area contributed by atoms with E-state index in [1.807, 2.05) is 6.07 Å². The number of hydrogen-bond acceptors (Lipinski definition) is 5. The van der Waals surface area contributed by atoms with Crippen LogP contribution in [0.5, 0.6) is 0 Å². The third-order valence-electron chi connectivity index (χ3n) is 6.61. The van der Waals surface area contributed by atoms with E-state index in [4.69, 9.17) is 9.51 Å². The molecule has 138 valence electrons. The number of fused-ring (bicyclic) bond motifs is 2. The van der Waals surface area contributed by atoms with Gasteiger partial charge in [0.25, 0.3) is 0 Å². The van der Waals surface area contributed by atoms with Gasteiger partial charge in [-0.05, 0) is 63.0 Å². The summed E-state index contributed by atoms with van der Waals surface area (Å²) in [6, 6.07) is 4.49. The first-order valence-electron chi connectivity index (χ1n) is 9.90. The van der Waals surface area contributed by atoms with Crippen LogP contribution < -0.4 is 5.32 Å². The van der Waals surface area contributed by atoms with Crippen molar-refractivity contribution in [3.8, 4) is 10.7 Å². The van der Waals surface area contributed by atoms with Crippen LogP contribution in [0.2, 0.25) is 0 Å². The Kier molecular flexibility index (Phi) is 4.11. The molecular formula is C20H25N3O2S. The quantitative estimate of drug-likeness (QED) is 0.870. The molecule has 0 aromatic carbocycles. The van der Waals surface area contributed by atoms with Gasteiger partial charge in [-0.3, -0.25) is 4.79 Å². The van der Waals surface area contributed by atoms with E-state index in [1.165, 1.54) is 24.1 Å². The number of nitrogens with zero attached hydrogens (tertiary/aromatic N) is 2. The molecule has 0 aliphatic heterocycles. The molecule has 1 amide bonds. The highest BCUT2D eigenvalue weighted by Gasteiger charge is 2.53. The number of rotatable bonds is 4. The summed E-state index contributed by atoms with van der Waals surface area (Å²) < 4.78 is 5.68. The normalized spacial score (nSPS) is 31.0. The van der Waals surface area contributed by atoms with Crippen molar-refractivity contribution in [2.24, 2.45) is 17.8 Å². The molecule has 2 heterocycles. The third kappa shape index (κ3) is 2.79. The van der Waals surface area contributed by atoms with Gasteiger partial charge in [0.15, 0.2) is 0 Å². The standard InChI is InChI=1S/C20H25N3O2S/c1-11-6-9-15(26-11)18-22-20(25-23-18)17-13-8-7-12(10-13)16(17)19(24)21-14-4-2-3-5-14/h6,9,12-14,16-17H,2-5,7-8,10H2,1H3,(H,21,24)/t12-,13+,16-,17-/m0/s1. The minimum Gasteiger partial charge on any atom is -0.353 e. The molecule has 0 spiro atoms. The molecule has 6 heteroatoms. The lowest BCUT2D eigenvalue weighted by molar-refractivity contribution is -0.128. The summed E-state index contributed by atoms with van der Waals surface area (Å²) in [6.45, 7) is 2.08. The number of aryl methyl sites for hydroxylation is 1. The molecule has 5 rings (SSSR count). The first kappa shape index (κ1) is 16.5. The lowest BCUT2D eigenvalue weighted by Gasteiger charge is -2.28. The molecule has 3 aliphatic carbocycles. The minimum absolute atomic E-state index is 0.00715. The molecule has 0 saturated heterocycles. The average Bonchev–Trinajstić information content (AvgIpc) is 3.41. The lowest BCUT2D eigenvalue weighted by atomic mass is 9.78. The molecule has 2 aromatic heterocycles. The molecular weight excluding hydrogens is 346 g/mol. The fourth-order valence-corrected chi connectivity index (χ4v) is 6.21. The summed E-state index contributed by atoms with van der Waals surface area (Å²) in [4.78, 5) is 20.0. The van der Waals surface area contributed by atoms with Gasteiger partial charge in [0, 0.05) is 10.9 Å². The first-order valence-corrected chi connectivity index (χ1v) is 10.7. The smallest absolute Gasteiger partial charge is 0.231 e. The maximum atomic E-state index is 13.1. The van der Waals surface area contributed by atoms with Gasteiger partial charge in [-0.15, -0.1) is 11.3 Å². The van der Waals surface area contributed by atoms with E-state index in [0.29, 0.717) is 29.6 Å². The maximum Gasteiger partial charge on any atom is 0.231 e. The Morgan fingerprint density at radius 3 is 2.77 bits per heavy atom. The van der Waals surface area contributed by atoms with Crippen molar-refractivity contribution < 1.29 is 9.32 Å². The summed E-state index contributed by atoms with van der Waals surface area (Å²) in [5, 5.41) is 7.54. The Morgan fingerprint density at radius 2 is 2.00 bits per heavy atom. The van der Waals surface area contributed by atoms with Crippen LogP contribution in [0.1, 0.15) is 61.6 Å². The Balaban J connectivity index is 1.39. The van der Waals surface area contributed by atoms with Gasteiger partial charge in [0.05, 0.1) is 16.7 Å². The number of amides is 1. The van der Waals surface area contributed by atoms with E-state index >= 15 is 0 Å². The Morgan fingerprint density at radius 1 is 1.19 bits per heavy atom. The summed E-state index contributed by atoms with van der Waals surface area (Å²) in [5.41, 5.74) is 0. The largest absolute Gasteiger partial charge is 0.353 e. The topological polar surface area (TPSA) is 68.0 Å². The van der Waals surface area contributed by atoms with E-state index in [9.17, 15) is 4.79 Å². The van der Waals surface area contributed by atoms with Crippen LogP contribution in [0.15, 0.2) is 16.7 Å². The molecule has 3 aliphatic rings. The summed E-state index contributed by atoms with van der Waals surface area (Å²) in [7, 11) is 0. The predicted molar refractivity (Wildman–Crippen MR) is 99.8 cm³/mol. The second-order valence-electron chi connectivity index (χ2n) is 8.24. The zero-order chi connectivity index (χ0) is 17.7. The van der Waals surface area contributed by atoms with Gasteiger partial charge in [0.2, 0.25) is 17.6 Å². The number of carbonyl (C=O) groups excluding carboxylic acids is 1. The highest BCUT2D eigenvalue weighted by Crippen LogP contribution is 2.56. The van der Waals surface area contributed by atoms with Gasteiger partial charge < -0.3 is 9.84 Å². The number of hydrogen-bond donors (Lipinski definition) is 1. The zero-order valence-electron chi connectivity index (χ0n) is 15.1. The fourth-order valence-electron chi connectivity index (χ4n) is 5.42. The molecule has 3 saturated carbocycles. The molecule has 3 fully saturated rings. The molecule has 1 N–H and O–H groups in total. The lowest BCUT2D eigenvalue weighted by Crippen LogP contribution is -2.41. The van der Waals surface area contributed by atoms with Crippen molar-refractivity contribution in [2.75, 3.05) is 0 Å². The molecule has 2 aromatic rings. The summed E-state index contributed by atoms with van der Waals surface area (Å²) in [5.74, 6) is 2.65. The highest BCUT2D eigenvalue weighted by molar-refractivity contribution is 7.15. The maximum absolute atomic E-state index is 13.1. The van der Waals surface area contributed by atoms with Crippen LogP contribution in [-0.4, -0.2) is 22.1 Å². The molecule has 5 nitrogen and oxygen atoms in total. The van der Waals surface area contributed by atoms with Crippen LogP contribution >= 0.6 is 11.3 Å². The molecule has 4 atom stereocenters. The van der Waals surface area contributed by atoms with Crippen molar-refractivity contribution in [1.82, 2.24) is 15.5 Å². The van der Waals surface area contributed by atoms with Crippen molar-refractivity contribution in [3.63, 3.8) is 0 Å². The minimum atomic E-state index is 0.00715. The molecule has 26 heavy (non-hydrogen) atoms. The van der Waals surface area contributed by atoms with E-state index in [-0.39, 0.29) is 17.7 Å². The predicted octanol–water partition coefficient (Wildman–Crippen LogP) is 4.30. The van der Waals surface area contributed by atoms with Crippen LogP contribution in [0.3, 0.4) is 0 Å². The fraction of sp³-hybridized carbons (Fsp3) is 0.650. The SMILES string of the molecule is Cc1ccc(-c2noc([C@H]3[C@@H]4CC[C@@H](C4)[C@@H]3C(=O)NC3CCCC3)n2)s1. The van der Waals surface area contributed by atoms with E-state index < -0.39 is 0 Å². The molecule has 0 unspecified atom stereocenters. The monoisotopic (exact) mass is 371 g/mol. The second kappa shape index (κ2) is 6.48. The van der Waals surface area contributed by atoms with Gasteiger partial charge in [-0.1, -0.05) is 18.0 Å². The van der Waals surface area contributed by atoms with Gasteiger partial charge >= 0.3 is 0 Å². The van der Waals surface area contributed by atoms with Gasteiger partial charge in [-0.2, -0.15) is 4.98 Å². The second-order valence-corrected chi connectivity index (χ2v) is 9.53. The summed E-state index contributed by atoms with van der Waals surface area (Å²) >= 11 is 1.68. The van der Waals surface area contributed by atoms with Crippen LogP contribution in [0, 0.1) is 24.7 Å². The Labute approximate surface area is 157 Å². The van der Waals surface area contributed by atoms with Crippen molar-refractivity contribution in [3.05, 3.63) is 22.9 Å². The van der Waals surface area contributed by atoms with E-state index in [1.54, 1.807) is 11.3 Å². The summed E-state index contributed by atoms with van der Waals surface area (Å²) in [6.07, 6.45) is 8.19. The number of thiophene rings is 1. The number of aromatic nitrogens is 2. The average molecular weight is 372 g/mol. The van der Waals surface area contributed by atoms with Crippen LogP contribution in [0.4, 0.5) is 0 Å². The highest BCUT2D eigenvalue weighted by atomic mass is 32.1. The first-order chi connectivity index (χ1) is 12.7. The number of carbonyl (C=O) groups is 1. The van der Waals surface area contributed by atoms with Gasteiger partial charge in [-0.25, -0.2) is 0 Å². The van der Waals surface area contributed by atoms with Gasteiger partial charge in [0.1, 0.15) is 0 Å². The van der Waals surface area contributed by atoms with Crippen molar-refractivity contribution in [1.29, 1.82) is 0 Å². The third-order valence-corrected chi connectivity index (χ3v) is 7.60. The van der Waals surface area contributed by atoms with Crippen LogP contribution in [0.25, 0.3) is 10.7 Å².